The average Bonchev–Trinajstić information content (AvgIpc) is 2.83. The van der Waals surface area contributed by atoms with E-state index in [2.05, 4.69) is 5.32 Å². The molecule has 0 bridgehead atoms. The predicted molar refractivity (Wildman–Crippen MR) is 49.2 cm³/mol. The fraction of sp³-hybridized carbons (Fsp3) is 1.00. The van der Waals surface area contributed by atoms with Gasteiger partial charge in [0, 0.05) is 19.1 Å². The van der Waals surface area contributed by atoms with Gasteiger partial charge in [-0.15, -0.1) is 0 Å². The number of hydrogen-bond donors (Lipinski definition) is 1. The summed E-state index contributed by atoms with van der Waals surface area (Å²) in [4.78, 5) is 1.53. The van der Waals surface area contributed by atoms with E-state index in [9.17, 15) is 13.2 Å². The molecular formula is C9H17F3N2. The lowest BCUT2D eigenvalue weighted by Crippen LogP contribution is -2.40. The topological polar surface area (TPSA) is 15.3 Å². The summed E-state index contributed by atoms with van der Waals surface area (Å²) in [7, 11) is 0. The fourth-order valence-electron chi connectivity index (χ4n) is 1.46. The van der Waals surface area contributed by atoms with E-state index in [1.54, 1.807) is 0 Å². The zero-order valence-corrected chi connectivity index (χ0v) is 8.40. The third-order valence-corrected chi connectivity index (χ3v) is 2.27. The van der Waals surface area contributed by atoms with Gasteiger partial charge in [-0.05, 0) is 19.4 Å². The SMILES string of the molecule is CCNCCN(CC(F)(F)F)C1CC1. The maximum atomic E-state index is 12.1. The van der Waals surface area contributed by atoms with Gasteiger partial charge in [-0.1, -0.05) is 6.92 Å². The second-order valence-electron chi connectivity index (χ2n) is 3.67. The number of nitrogens with one attached hydrogen (secondary N) is 1. The molecule has 84 valence electrons. The van der Waals surface area contributed by atoms with Crippen molar-refractivity contribution in [3.63, 3.8) is 0 Å². The van der Waals surface area contributed by atoms with E-state index in [0.717, 1.165) is 19.4 Å². The zero-order valence-electron chi connectivity index (χ0n) is 8.40. The van der Waals surface area contributed by atoms with E-state index in [-0.39, 0.29) is 6.04 Å². The summed E-state index contributed by atoms with van der Waals surface area (Å²) in [6.07, 6.45) is -2.22. The van der Waals surface area contributed by atoms with Crippen molar-refractivity contribution in [3.8, 4) is 0 Å². The maximum absolute atomic E-state index is 12.1. The smallest absolute Gasteiger partial charge is 0.316 e. The van der Waals surface area contributed by atoms with Crippen molar-refractivity contribution in [2.75, 3.05) is 26.2 Å². The first kappa shape index (κ1) is 11.8. The van der Waals surface area contributed by atoms with Gasteiger partial charge in [0.15, 0.2) is 0 Å². The normalized spacial score (nSPS) is 17.8. The Bertz CT molecular complexity index is 166. The minimum Gasteiger partial charge on any atom is -0.316 e. The molecule has 1 rings (SSSR count). The van der Waals surface area contributed by atoms with Crippen molar-refractivity contribution in [3.05, 3.63) is 0 Å². The molecule has 0 atom stereocenters. The molecule has 0 saturated heterocycles. The second kappa shape index (κ2) is 4.98. The molecule has 1 aliphatic carbocycles. The van der Waals surface area contributed by atoms with Crippen LogP contribution in [0.2, 0.25) is 0 Å². The van der Waals surface area contributed by atoms with Gasteiger partial charge in [0.25, 0.3) is 0 Å². The maximum Gasteiger partial charge on any atom is 0.401 e. The fourth-order valence-corrected chi connectivity index (χ4v) is 1.46. The number of alkyl halides is 3. The van der Waals surface area contributed by atoms with Gasteiger partial charge in [0.2, 0.25) is 0 Å². The van der Waals surface area contributed by atoms with Gasteiger partial charge in [-0.3, -0.25) is 4.90 Å². The van der Waals surface area contributed by atoms with Crippen LogP contribution in [0.25, 0.3) is 0 Å². The molecule has 0 radical (unpaired) electrons. The second-order valence-corrected chi connectivity index (χ2v) is 3.67. The van der Waals surface area contributed by atoms with Crippen LogP contribution in [0, 0.1) is 0 Å². The van der Waals surface area contributed by atoms with Crippen molar-refractivity contribution < 1.29 is 13.2 Å². The number of hydrogen-bond acceptors (Lipinski definition) is 2. The molecule has 1 N–H and O–H groups in total. The van der Waals surface area contributed by atoms with E-state index in [1.807, 2.05) is 6.92 Å². The number of likely N-dealkylation sites (N-methyl/N-ethyl adjacent to an activating group) is 1. The predicted octanol–water partition coefficient (Wildman–Crippen LogP) is 1.62. The summed E-state index contributed by atoms with van der Waals surface area (Å²) in [6, 6.07) is 0.176. The van der Waals surface area contributed by atoms with E-state index in [0.29, 0.717) is 13.1 Å². The first-order valence-electron chi connectivity index (χ1n) is 5.04. The van der Waals surface area contributed by atoms with Gasteiger partial charge in [0.05, 0.1) is 6.54 Å². The Hall–Kier alpha value is -0.290. The molecule has 0 aliphatic heterocycles. The van der Waals surface area contributed by atoms with Gasteiger partial charge in [-0.25, -0.2) is 0 Å². The first-order valence-corrected chi connectivity index (χ1v) is 5.04. The molecule has 14 heavy (non-hydrogen) atoms. The third-order valence-electron chi connectivity index (χ3n) is 2.27. The minimum atomic E-state index is -4.06. The highest BCUT2D eigenvalue weighted by molar-refractivity contribution is 4.85. The molecule has 0 aromatic rings. The van der Waals surface area contributed by atoms with Crippen molar-refractivity contribution in [1.82, 2.24) is 10.2 Å². The number of halogens is 3. The van der Waals surface area contributed by atoms with Crippen LogP contribution in [0.1, 0.15) is 19.8 Å². The number of rotatable bonds is 6. The molecule has 0 unspecified atom stereocenters. The zero-order chi connectivity index (χ0) is 10.6. The monoisotopic (exact) mass is 210 g/mol. The van der Waals surface area contributed by atoms with Gasteiger partial charge in [0.1, 0.15) is 0 Å². The highest BCUT2D eigenvalue weighted by Gasteiger charge is 2.37. The quantitative estimate of drug-likeness (QED) is 0.670. The Morgan fingerprint density at radius 1 is 1.36 bits per heavy atom. The van der Waals surface area contributed by atoms with E-state index in [1.165, 1.54) is 4.90 Å². The van der Waals surface area contributed by atoms with E-state index < -0.39 is 12.7 Å². The Balaban J connectivity index is 2.24. The van der Waals surface area contributed by atoms with Crippen LogP contribution in [-0.2, 0) is 0 Å². The third kappa shape index (κ3) is 4.81. The van der Waals surface area contributed by atoms with Crippen LogP contribution in [0.3, 0.4) is 0 Å². The first-order chi connectivity index (χ1) is 6.53. The summed E-state index contributed by atoms with van der Waals surface area (Å²) in [5, 5.41) is 3.04. The molecule has 5 heteroatoms. The van der Waals surface area contributed by atoms with Gasteiger partial charge >= 0.3 is 6.18 Å². The van der Waals surface area contributed by atoms with Crippen molar-refractivity contribution in [1.29, 1.82) is 0 Å². The lowest BCUT2D eigenvalue weighted by atomic mass is 10.4. The van der Waals surface area contributed by atoms with Gasteiger partial charge in [-0.2, -0.15) is 13.2 Å². The van der Waals surface area contributed by atoms with Gasteiger partial charge < -0.3 is 5.32 Å². The highest BCUT2D eigenvalue weighted by Crippen LogP contribution is 2.29. The molecule has 0 amide bonds. The summed E-state index contributed by atoms with van der Waals surface area (Å²) in [5.74, 6) is 0. The molecular weight excluding hydrogens is 193 g/mol. The Labute approximate surface area is 82.5 Å². The summed E-state index contributed by atoms with van der Waals surface area (Å²) in [5.41, 5.74) is 0. The van der Waals surface area contributed by atoms with Crippen molar-refractivity contribution >= 4 is 0 Å². The van der Waals surface area contributed by atoms with Crippen LogP contribution in [-0.4, -0.2) is 43.3 Å². The minimum absolute atomic E-state index is 0.176. The highest BCUT2D eigenvalue weighted by atomic mass is 19.4. The molecule has 1 fully saturated rings. The molecule has 1 saturated carbocycles. The molecule has 0 heterocycles. The molecule has 0 aromatic heterocycles. The van der Waals surface area contributed by atoms with Crippen molar-refractivity contribution in [2.24, 2.45) is 0 Å². The lowest BCUT2D eigenvalue weighted by molar-refractivity contribution is -0.147. The molecule has 1 aliphatic rings. The van der Waals surface area contributed by atoms with Crippen LogP contribution < -0.4 is 5.32 Å². The standard InChI is InChI=1S/C9H17F3N2/c1-2-13-5-6-14(8-3-4-8)7-9(10,11)12/h8,13H,2-7H2,1H3. The largest absolute Gasteiger partial charge is 0.401 e. The van der Waals surface area contributed by atoms with Crippen LogP contribution in [0.4, 0.5) is 13.2 Å². The van der Waals surface area contributed by atoms with Crippen LogP contribution >= 0.6 is 0 Å². The molecule has 0 aromatic carbocycles. The summed E-state index contributed by atoms with van der Waals surface area (Å²) < 4.78 is 36.4. The molecule has 0 spiro atoms. The summed E-state index contributed by atoms with van der Waals surface area (Å²) >= 11 is 0. The van der Waals surface area contributed by atoms with Crippen molar-refractivity contribution in [2.45, 2.75) is 32.0 Å². The Morgan fingerprint density at radius 2 is 2.00 bits per heavy atom. The van der Waals surface area contributed by atoms with E-state index in [4.69, 9.17) is 0 Å². The number of nitrogens with zero attached hydrogens (tertiary/aromatic N) is 1. The average molecular weight is 210 g/mol. The van der Waals surface area contributed by atoms with Crippen LogP contribution in [0.5, 0.6) is 0 Å². The lowest BCUT2D eigenvalue weighted by Gasteiger charge is -2.23. The Kier molecular flexibility index (Phi) is 4.19. The van der Waals surface area contributed by atoms with E-state index >= 15 is 0 Å². The van der Waals surface area contributed by atoms with Crippen LogP contribution in [0.15, 0.2) is 0 Å². The summed E-state index contributed by atoms with van der Waals surface area (Å²) in [6.45, 7) is 3.14. The molecule has 2 nitrogen and oxygen atoms in total. The Morgan fingerprint density at radius 3 is 2.43 bits per heavy atom.